The highest BCUT2D eigenvalue weighted by molar-refractivity contribution is 5.97. The van der Waals surface area contributed by atoms with Crippen LogP contribution in [-0.4, -0.2) is 12.5 Å². The van der Waals surface area contributed by atoms with Crippen molar-refractivity contribution in [3.63, 3.8) is 0 Å². The summed E-state index contributed by atoms with van der Waals surface area (Å²) in [6.45, 7) is 4.39. The minimum Gasteiger partial charge on any atom is -0.353 e. The van der Waals surface area contributed by atoms with Crippen LogP contribution in [0.25, 0.3) is 6.08 Å². The second kappa shape index (κ2) is 5.22. The molecule has 0 saturated heterocycles. The van der Waals surface area contributed by atoms with Crippen molar-refractivity contribution in [3.8, 4) is 0 Å². The standard InChI is InChI=1S/C12H15NO/c1-3-13-12(14)10(2)9-11-7-5-4-6-8-11/h4-9H,3H2,1-2H3,(H,13,14)/b10-9+. The first-order valence-corrected chi connectivity index (χ1v) is 4.75. The van der Waals surface area contributed by atoms with E-state index in [9.17, 15) is 4.79 Å². The first kappa shape index (κ1) is 10.5. The Morgan fingerprint density at radius 1 is 1.36 bits per heavy atom. The summed E-state index contributed by atoms with van der Waals surface area (Å²) >= 11 is 0. The maximum absolute atomic E-state index is 11.4. The van der Waals surface area contributed by atoms with E-state index in [1.807, 2.05) is 50.3 Å². The molecule has 1 amide bonds. The topological polar surface area (TPSA) is 29.1 Å². The molecule has 0 aliphatic rings. The number of carbonyl (C=O) groups is 1. The van der Waals surface area contributed by atoms with Crippen LogP contribution >= 0.6 is 0 Å². The molecule has 0 radical (unpaired) electrons. The highest BCUT2D eigenvalue weighted by Crippen LogP contribution is 2.05. The van der Waals surface area contributed by atoms with Gasteiger partial charge in [0.2, 0.25) is 5.91 Å². The first-order chi connectivity index (χ1) is 6.74. The molecule has 0 atom stereocenters. The third kappa shape index (κ3) is 3.05. The molecule has 14 heavy (non-hydrogen) atoms. The van der Waals surface area contributed by atoms with Crippen molar-refractivity contribution in [2.24, 2.45) is 0 Å². The lowest BCUT2D eigenvalue weighted by Gasteiger charge is -2.01. The molecule has 0 unspecified atom stereocenters. The fourth-order valence-corrected chi connectivity index (χ4v) is 1.16. The van der Waals surface area contributed by atoms with Crippen LogP contribution in [0.4, 0.5) is 0 Å². The van der Waals surface area contributed by atoms with Crippen molar-refractivity contribution in [2.75, 3.05) is 6.54 Å². The Balaban J connectivity index is 2.74. The molecule has 0 fully saturated rings. The summed E-state index contributed by atoms with van der Waals surface area (Å²) in [4.78, 5) is 11.4. The number of hydrogen-bond donors (Lipinski definition) is 1. The van der Waals surface area contributed by atoms with Gasteiger partial charge in [-0.2, -0.15) is 0 Å². The average molecular weight is 189 g/mol. The Bertz CT molecular complexity index is 327. The molecule has 1 aromatic carbocycles. The molecule has 0 spiro atoms. The molecule has 1 N–H and O–H groups in total. The highest BCUT2D eigenvalue weighted by atomic mass is 16.1. The predicted molar refractivity (Wildman–Crippen MR) is 58.8 cm³/mol. The summed E-state index contributed by atoms with van der Waals surface area (Å²) in [5, 5.41) is 2.76. The zero-order valence-electron chi connectivity index (χ0n) is 8.58. The third-order valence-electron chi connectivity index (χ3n) is 1.88. The van der Waals surface area contributed by atoms with Crippen molar-refractivity contribution in [1.82, 2.24) is 5.32 Å². The van der Waals surface area contributed by atoms with Crippen LogP contribution in [-0.2, 0) is 4.79 Å². The van der Waals surface area contributed by atoms with Crippen molar-refractivity contribution < 1.29 is 4.79 Å². The maximum Gasteiger partial charge on any atom is 0.246 e. The maximum atomic E-state index is 11.4. The third-order valence-corrected chi connectivity index (χ3v) is 1.88. The summed E-state index contributed by atoms with van der Waals surface area (Å²) in [6, 6.07) is 9.82. The van der Waals surface area contributed by atoms with E-state index in [2.05, 4.69) is 5.32 Å². The molecule has 0 saturated carbocycles. The lowest BCUT2D eigenvalue weighted by Crippen LogP contribution is -2.23. The smallest absolute Gasteiger partial charge is 0.246 e. The number of rotatable bonds is 3. The van der Waals surface area contributed by atoms with Gasteiger partial charge in [0.15, 0.2) is 0 Å². The zero-order chi connectivity index (χ0) is 10.4. The molecular formula is C12H15NO. The van der Waals surface area contributed by atoms with Crippen LogP contribution in [0.2, 0.25) is 0 Å². The molecule has 0 aliphatic heterocycles. The fraction of sp³-hybridized carbons (Fsp3) is 0.250. The largest absolute Gasteiger partial charge is 0.353 e. The Morgan fingerprint density at radius 3 is 2.57 bits per heavy atom. The summed E-state index contributed by atoms with van der Waals surface area (Å²) in [5.74, 6) is -0.00338. The average Bonchev–Trinajstić information content (AvgIpc) is 2.19. The zero-order valence-corrected chi connectivity index (χ0v) is 8.58. The second-order valence-corrected chi connectivity index (χ2v) is 3.10. The summed E-state index contributed by atoms with van der Waals surface area (Å²) in [7, 11) is 0. The van der Waals surface area contributed by atoms with E-state index in [1.54, 1.807) is 0 Å². The van der Waals surface area contributed by atoms with E-state index in [-0.39, 0.29) is 5.91 Å². The van der Waals surface area contributed by atoms with E-state index >= 15 is 0 Å². The minimum absolute atomic E-state index is 0.00338. The van der Waals surface area contributed by atoms with E-state index in [1.165, 1.54) is 0 Å². The molecule has 1 rings (SSSR count). The monoisotopic (exact) mass is 189 g/mol. The SMILES string of the molecule is CCNC(=O)/C(C)=C/c1ccccc1. The lowest BCUT2D eigenvalue weighted by molar-refractivity contribution is -0.117. The van der Waals surface area contributed by atoms with Crippen molar-refractivity contribution >= 4 is 12.0 Å². The van der Waals surface area contributed by atoms with Gasteiger partial charge < -0.3 is 5.32 Å². The molecule has 0 bridgehead atoms. The van der Waals surface area contributed by atoms with E-state index in [4.69, 9.17) is 0 Å². The van der Waals surface area contributed by atoms with Crippen LogP contribution < -0.4 is 5.32 Å². The lowest BCUT2D eigenvalue weighted by atomic mass is 10.1. The van der Waals surface area contributed by atoms with Gasteiger partial charge in [0.25, 0.3) is 0 Å². The molecule has 1 aromatic rings. The van der Waals surface area contributed by atoms with Crippen LogP contribution in [0.5, 0.6) is 0 Å². The Morgan fingerprint density at radius 2 is 2.00 bits per heavy atom. The summed E-state index contributed by atoms with van der Waals surface area (Å²) in [5.41, 5.74) is 1.79. The van der Waals surface area contributed by atoms with E-state index in [0.29, 0.717) is 6.54 Å². The minimum atomic E-state index is -0.00338. The second-order valence-electron chi connectivity index (χ2n) is 3.10. The van der Waals surface area contributed by atoms with Crippen LogP contribution in [0.3, 0.4) is 0 Å². The first-order valence-electron chi connectivity index (χ1n) is 4.75. The van der Waals surface area contributed by atoms with Crippen molar-refractivity contribution in [3.05, 3.63) is 41.5 Å². The van der Waals surface area contributed by atoms with E-state index < -0.39 is 0 Å². The van der Waals surface area contributed by atoms with Gasteiger partial charge in [-0.05, 0) is 25.5 Å². The van der Waals surface area contributed by atoms with Gasteiger partial charge in [-0.1, -0.05) is 30.3 Å². The molecule has 2 heteroatoms. The number of benzene rings is 1. The van der Waals surface area contributed by atoms with Gasteiger partial charge in [0.1, 0.15) is 0 Å². The number of hydrogen-bond acceptors (Lipinski definition) is 1. The highest BCUT2D eigenvalue weighted by Gasteiger charge is 2.00. The molecule has 2 nitrogen and oxygen atoms in total. The molecular weight excluding hydrogens is 174 g/mol. The Kier molecular flexibility index (Phi) is 3.92. The van der Waals surface area contributed by atoms with E-state index in [0.717, 1.165) is 11.1 Å². The van der Waals surface area contributed by atoms with Crippen LogP contribution in [0.15, 0.2) is 35.9 Å². The van der Waals surface area contributed by atoms with Crippen molar-refractivity contribution in [1.29, 1.82) is 0 Å². The van der Waals surface area contributed by atoms with Gasteiger partial charge in [-0.15, -0.1) is 0 Å². The predicted octanol–water partition coefficient (Wildman–Crippen LogP) is 2.23. The fourth-order valence-electron chi connectivity index (χ4n) is 1.16. The number of amides is 1. The van der Waals surface area contributed by atoms with Gasteiger partial charge >= 0.3 is 0 Å². The van der Waals surface area contributed by atoms with Gasteiger partial charge in [0.05, 0.1) is 0 Å². The quantitative estimate of drug-likeness (QED) is 0.726. The normalized spacial score (nSPS) is 11.1. The summed E-state index contributed by atoms with van der Waals surface area (Å²) in [6.07, 6.45) is 1.88. The molecule has 0 aliphatic carbocycles. The molecule has 74 valence electrons. The number of carbonyl (C=O) groups excluding carboxylic acids is 1. The van der Waals surface area contributed by atoms with Crippen LogP contribution in [0.1, 0.15) is 19.4 Å². The Hall–Kier alpha value is -1.57. The molecule has 0 heterocycles. The van der Waals surface area contributed by atoms with Gasteiger partial charge in [0, 0.05) is 12.1 Å². The van der Waals surface area contributed by atoms with Crippen LogP contribution in [0, 0.1) is 0 Å². The van der Waals surface area contributed by atoms with Gasteiger partial charge in [-0.3, -0.25) is 4.79 Å². The molecule has 0 aromatic heterocycles. The summed E-state index contributed by atoms with van der Waals surface area (Å²) < 4.78 is 0. The van der Waals surface area contributed by atoms with Crippen molar-refractivity contribution in [2.45, 2.75) is 13.8 Å². The Labute approximate surface area is 84.6 Å². The van der Waals surface area contributed by atoms with Gasteiger partial charge in [-0.25, -0.2) is 0 Å². The number of nitrogens with one attached hydrogen (secondary N) is 1. The number of likely N-dealkylation sites (N-methyl/N-ethyl adjacent to an activating group) is 1.